The van der Waals surface area contributed by atoms with Crippen molar-refractivity contribution in [2.24, 2.45) is 0 Å². The summed E-state index contributed by atoms with van der Waals surface area (Å²) in [6.45, 7) is 3.91. The van der Waals surface area contributed by atoms with Crippen molar-refractivity contribution in [1.82, 2.24) is 0 Å². The van der Waals surface area contributed by atoms with Gasteiger partial charge < -0.3 is 9.42 Å². The van der Waals surface area contributed by atoms with Crippen LogP contribution in [0.15, 0.2) is 0 Å². The molecule has 0 fully saturated rings. The van der Waals surface area contributed by atoms with E-state index in [1.165, 1.54) is 0 Å². The Bertz CT molecular complexity index is 117. The van der Waals surface area contributed by atoms with Gasteiger partial charge in [-0.15, -0.1) is 0 Å². The zero-order chi connectivity index (χ0) is 7.33. The fourth-order valence-electron chi connectivity index (χ4n) is 0.325. The summed E-state index contributed by atoms with van der Waals surface area (Å²) in [7, 11) is -3.19. The molecule has 0 aliphatic rings. The van der Waals surface area contributed by atoms with Crippen LogP contribution in [0.4, 0.5) is 0 Å². The van der Waals surface area contributed by atoms with Gasteiger partial charge in [-0.3, -0.25) is 4.57 Å². The average Bonchev–Trinajstić information content (AvgIpc) is 1.84. The van der Waals surface area contributed by atoms with Crippen molar-refractivity contribution < 1.29 is 33.5 Å². The molecule has 58 valence electrons. The van der Waals surface area contributed by atoms with E-state index in [1.807, 2.05) is 6.92 Å². The molecular formula is C5H13O3PZn. The second-order valence-corrected chi connectivity index (χ2v) is 3.95. The van der Waals surface area contributed by atoms with E-state index in [9.17, 15) is 4.57 Å². The van der Waals surface area contributed by atoms with Crippen LogP contribution in [-0.4, -0.2) is 17.7 Å². The van der Waals surface area contributed by atoms with E-state index in [4.69, 9.17) is 4.89 Å². The van der Waals surface area contributed by atoms with Crippen LogP contribution < -0.4 is 0 Å². The molecule has 5 heteroatoms. The molecule has 0 saturated heterocycles. The normalized spacial score (nSPS) is 15.5. The van der Waals surface area contributed by atoms with E-state index in [1.54, 1.807) is 6.92 Å². The van der Waals surface area contributed by atoms with Crippen molar-refractivity contribution in [2.45, 2.75) is 20.3 Å². The van der Waals surface area contributed by atoms with Crippen molar-refractivity contribution in [3.63, 3.8) is 0 Å². The van der Waals surface area contributed by atoms with Crippen molar-refractivity contribution in [3.8, 4) is 0 Å². The van der Waals surface area contributed by atoms with Crippen molar-refractivity contribution in [2.75, 3.05) is 12.8 Å². The molecule has 0 aliphatic heterocycles. The monoisotopic (exact) mass is 216 g/mol. The van der Waals surface area contributed by atoms with Crippen molar-refractivity contribution >= 4 is 7.60 Å². The fraction of sp³-hybridized carbons (Fsp3) is 1.00. The van der Waals surface area contributed by atoms with E-state index >= 15 is 0 Å². The Kier molecular flexibility index (Phi) is 8.67. The molecule has 3 nitrogen and oxygen atoms in total. The molecule has 0 amide bonds. The predicted octanol–water partition coefficient (Wildman–Crippen LogP) is 1.62. The molecule has 0 aromatic rings. The minimum atomic E-state index is -3.19. The average molecular weight is 218 g/mol. The maximum Gasteiger partial charge on any atom is 0.327 e. The molecule has 1 atom stereocenters. The second-order valence-electron chi connectivity index (χ2n) is 1.79. The zero-order valence-corrected chi connectivity index (χ0v) is 10.4. The largest absolute Gasteiger partial charge is 0.327 e. The standard InChI is InChI=1S/C5H13O3P.Zn/c1-3-5-8-9(6,7)4-2;/h3-5H2,1-2H3,(H,6,7);. The molecule has 0 aliphatic carbocycles. The van der Waals surface area contributed by atoms with Gasteiger partial charge in [-0.05, 0) is 6.42 Å². The topological polar surface area (TPSA) is 46.5 Å². The summed E-state index contributed by atoms with van der Waals surface area (Å²) >= 11 is 0. The first-order valence-corrected chi connectivity index (χ1v) is 4.85. The summed E-state index contributed by atoms with van der Waals surface area (Å²) in [6, 6.07) is 0. The van der Waals surface area contributed by atoms with E-state index in [0.29, 0.717) is 6.61 Å². The van der Waals surface area contributed by atoms with Crippen LogP contribution >= 0.6 is 7.60 Å². The van der Waals surface area contributed by atoms with Gasteiger partial charge >= 0.3 is 7.60 Å². The molecule has 0 spiro atoms. The summed E-state index contributed by atoms with van der Waals surface area (Å²) in [6.07, 6.45) is 0.984. The molecule has 0 heterocycles. The first-order valence-electron chi connectivity index (χ1n) is 3.08. The Hall–Kier alpha value is 0.773. The van der Waals surface area contributed by atoms with Gasteiger partial charge in [0, 0.05) is 25.6 Å². The SMILES string of the molecule is CCCOP(=O)(O)CC.[Zn]. The van der Waals surface area contributed by atoms with Crippen molar-refractivity contribution in [1.29, 1.82) is 0 Å². The van der Waals surface area contributed by atoms with Crippen LogP contribution in [0.2, 0.25) is 0 Å². The van der Waals surface area contributed by atoms with Crippen LogP contribution in [0, 0.1) is 0 Å². The van der Waals surface area contributed by atoms with Crippen LogP contribution in [0.1, 0.15) is 20.3 Å². The quantitative estimate of drug-likeness (QED) is 0.575. The summed E-state index contributed by atoms with van der Waals surface area (Å²) in [5, 5.41) is 0. The van der Waals surface area contributed by atoms with Gasteiger partial charge in [-0.2, -0.15) is 0 Å². The number of rotatable bonds is 4. The van der Waals surface area contributed by atoms with Crippen LogP contribution in [-0.2, 0) is 28.6 Å². The molecule has 0 saturated carbocycles. The van der Waals surface area contributed by atoms with Crippen molar-refractivity contribution in [3.05, 3.63) is 0 Å². The number of hydrogen-bond acceptors (Lipinski definition) is 2. The first kappa shape index (κ1) is 13.4. The second kappa shape index (κ2) is 6.48. The summed E-state index contributed by atoms with van der Waals surface area (Å²) < 4.78 is 15.3. The smallest absolute Gasteiger partial charge is 0.324 e. The van der Waals surface area contributed by atoms with E-state index in [0.717, 1.165) is 6.42 Å². The van der Waals surface area contributed by atoms with Gasteiger partial charge in [0.2, 0.25) is 0 Å². The summed E-state index contributed by atoms with van der Waals surface area (Å²) in [5.74, 6) is 0. The Morgan fingerprint density at radius 2 is 2.00 bits per heavy atom. The predicted molar refractivity (Wildman–Crippen MR) is 36.6 cm³/mol. The minimum absolute atomic E-state index is 0. The molecule has 1 N–H and O–H groups in total. The Balaban J connectivity index is 0. The van der Waals surface area contributed by atoms with E-state index in [2.05, 4.69) is 4.52 Å². The third-order valence-corrected chi connectivity index (χ3v) is 2.28. The summed E-state index contributed by atoms with van der Waals surface area (Å²) in [4.78, 5) is 8.79. The van der Waals surface area contributed by atoms with Crippen LogP contribution in [0.3, 0.4) is 0 Å². The minimum Gasteiger partial charge on any atom is -0.324 e. The van der Waals surface area contributed by atoms with Gasteiger partial charge in [-0.25, -0.2) is 0 Å². The van der Waals surface area contributed by atoms with Crippen LogP contribution in [0.5, 0.6) is 0 Å². The molecule has 1 unspecified atom stereocenters. The zero-order valence-electron chi connectivity index (χ0n) is 6.54. The maximum absolute atomic E-state index is 10.7. The van der Waals surface area contributed by atoms with Gasteiger partial charge in [0.1, 0.15) is 0 Å². The third kappa shape index (κ3) is 6.89. The Morgan fingerprint density at radius 3 is 2.30 bits per heavy atom. The fourth-order valence-corrected chi connectivity index (χ4v) is 0.976. The number of hydrogen-bond donors (Lipinski definition) is 1. The molecule has 0 radical (unpaired) electrons. The van der Waals surface area contributed by atoms with Crippen LogP contribution in [0.25, 0.3) is 0 Å². The molecule has 10 heavy (non-hydrogen) atoms. The molecule has 0 rings (SSSR count). The van der Waals surface area contributed by atoms with Gasteiger partial charge in [0.15, 0.2) is 0 Å². The Morgan fingerprint density at radius 1 is 1.50 bits per heavy atom. The van der Waals surface area contributed by atoms with Gasteiger partial charge in [0.25, 0.3) is 0 Å². The molecule has 0 aromatic heterocycles. The third-order valence-electron chi connectivity index (χ3n) is 0.897. The molecular weight excluding hydrogens is 204 g/mol. The molecule has 0 bridgehead atoms. The Labute approximate surface area is 74.5 Å². The van der Waals surface area contributed by atoms with E-state index in [-0.39, 0.29) is 25.6 Å². The summed E-state index contributed by atoms with van der Waals surface area (Å²) in [5.41, 5.74) is 0. The van der Waals surface area contributed by atoms with E-state index < -0.39 is 7.60 Å². The van der Waals surface area contributed by atoms with Gasteiger partial charge in [-0.1, -0.05) is 13.8 Å². The van der Waals surface area contributed by atoms with Gasteiger partial charge in [0.05, 0.1) is 6.61 Å². The maximum atomic E-state index is 10.7. The molecule has 0 aromatic carbocycles. The first-order chi connectivity index (χ1) is 4.12.